The van der Waals surface area contributed by atoms with Crippen LogP contribution in [0.3, 0.4) is 0 Å². The van der Waals surface area contributed by atoms with Gasteiger partial charge in [-0.05, 0) is 19.4 Å². The van der Waals surface area contributed by atoms with Gasteiger partial charge in [-0.3, -0.25) is 4.79 Å². The SMILES string of the molecule is O=C(CC1CCCCN1)N1CCOC(CO)C1. The monoisotopic (exact) mass is 242 g/mol. The van der Waals surface area contributed by atoms with E-state index in [4.69, 9.17) is 9.84 Å². The van der Waals surface area contributed by atoms with Crippen LogP contribution in [-0.4, -0.2) is 60.9 Å². The summed E-state index contributed by atoms with van der Waals surface area (Å²) in [6, 6.07) is 0.340. The molecule has 2 saturated heterocycles. The third-order valence-electron chi connectivity index (χ3n) is 3.53. The first-order valence-electron chi connectivity index (χ1n) is 6.53. The first kappa shape index (κ1) is 12.8. The van der Waals surface area contributed by atoms with Crippen molar-refractivity contribution in [2.75, 3.05) is 32.8 Å². The predicted octanol–water partition coefficient (Wildman–Crippen LogP) is -0.262. The Kier molecular flexibility index (Phi) is 4.76. The standard InChI is InChI=1S/C12H22N2O3/c15-9-11-8-14(5-6-17-11)12(16)7-10-3-1-2-4-13-10/h10-11,13,15H,1-9H2. The van der Waals surface area contributed by atoms with Gasteiger partial charge in [0.05, 0.1) is 19.3 Å². The van der Waals surface area contributed by atoms with Gasteiger partial charge in [-0.25, -0.2) is 0 Å². The Labute approximate surface area is 102 Å². The average Bonchev–Trinajstić information content (AvgIpc) is 2.40. The van der Waals surface area contributed by atoms with Crippen molar-refractivity contribution in [3.63, 3.8) is 0 Å². The molecule has 2 aliphatic heterocycles. The molecule has 0 aromatic carbocycles. The average molecular weight is 242 g/mol. The Morgan fingerprint density at radius 2 is 2.35 bits per heavy atom. The van der Waals surface area contributed by atoms with Crippen molar-refractivity contribution in [2.24, 2.45) is 0 Å². The number of hydrogen-bond donors (Lipinski definition) is 2. The van der Waals surface area contributed by atoms with E-state index < -0.39 is 0 Å². The van der Waals surface area contributed by atoms with Gasteiger partial charge in [-0.1, -0.05) is 6.42 Å². The smallest absolute Gasteiger partial charge is 0.224 e. The Balaban J connectivity index is 1.78. The van der Waals surface area contributed by atoms with E-state index in [0.717, 1.165) is 13.0 Å². The maximum absolute atomic E-state index is 12.1. The van der Waals surface area contributed by atoms with Gasteiger partial charge in [0.15, 0.2) is 0 Å². The Morgan fingerprint density at radius 3 is 3.06 bits per heavy atom. The number of hydrogen-bond acceptors (Lipinski definition) is 4. The highest BCUT2D eigenvalue weighted by atomic mass is 16.5. The van der Waals surface area contributed by atoms with Gasteiger partial charge in [-0.15, -0.1) is 0 Å². The van der Waals surface area contributed by atoms with Crippen molar-refractivity contribution in [3.05, 3.63) is 0 Å². The van der Waals surface area contributed by atoms with Gasteiger partial charge in [0.25, 0.3) is 0 Å². The van der Waals surface area contributed by atoms with Crippen molar-refractivity contribution in [1.29, 1.82) is 0 Å². The molecule has 0 spiro atoms. The number of piperidine rings is 1. The van der Waals surface area contributed by atoms with Crippen LogP contribution in [0.5, 0.6) is 0 Å². The third kappa shape index (κ3) is 3.66. The maximum atomic E-state index is 12.1. The van der Waals surface area contributed by atoms with Crippen LogP contribution in [0.25, 0.3) is 0 Å². The lowest BCUT2D eigenvalue weighted by Crippen LogP contribution is -2.48. The van der Waals surface area contributed by atoms with E-state index in [-0.39, 0.29) is 18.6 Å². The van der Waals surface area contributed by atoms with Crippen LogP contribution in [0.2, 0.25) is 0 Å². The van der Waals surface area contributed by atoms with Crippen molar-refractivity contribution in [1.82, 2.24) is 10.2 Å². The van der Waals surface area contributed by atoms with Crippen molar-refractivity contribution < 1.29 is 14.6 Å². The maximum Gasteiger partial charge on any atom is 0.224 e. The van der Waals surface area contributed by atoms with E-state index in [9.17, 15) is 4.79 Å². The molecule has 0 saturated carbocycles. The Bertz CT molecular complexity index is 254. The van der Waals surface area contributed by atoms with Crippen LogP contribution < -0.4 is 5.32 Å². The molecule has 17 heavy (non-hydrogen) atoms. The summed E-state index contributed by atoms with van der Waals surface area (Å²) in [5, 5.41) is 12.4. The Morgan fingerprint density at radius 1 is 1.47 bits per heavy atom. The zero-order chi connectivity index (χ0) is 12.1. The fourth-order valence-corrected chi connectivity index (χ4v) is 2.49. The molecular weight excluding hydrogens is 220 g/mol. The lowest BCUT2D eigenvalue weighted by molar-refractivity contribution is -0.140. The summed E-state index contributed by atoms with van der Waals surface area (Å²) in [6.07, 6.45) is 3.91. The minimum atomic E-state index is -0.202. The fourth-order valence-electron chi connectivity index (χ4n) is 2.49. The number of morpholine rings is 1. The fraction of sp³-hybridized carbons (Fsp3) is 0.917. The topological polar surface area (TPSA) is 61.8 Å². The van der Waals surface area contributed by atoms with E-state index in [1.54, 1.807) is 0 Å². The van der Waals surface area contributed by atoms with Crippen molar-refractivity contribution >= 4 is 5.91 Å². The minimum absolute atomic E-state index is 0.00847. The summed E-state index contributed by atoms with van der Waals surface area (Å²) >= 11 is 0. The summed E-state index contributed by atoms with van der Waals surface area (Å²) < 4.78 is 5.34. The molecule has 2 atom stereocenters. The Hall–Kier alpha value is -0.650. The highest BCUT2D eigenvalue weighted by Gasteiger charge is 2.25. The summed E-state index contributed by atoms with van der Waals surface area (Å²) in [4.78, 5) is 13.9. The number of carbonyl (C=O) groups excluding carboxylic acids is 1. The van der Waals surface area contributed by atoms with Crippen LogP contribution in [0, 0.1) is 0 Å². The van der Waals surface area contributed by atoms with Crippen LogP contribution >= 0.6 is 0 Å². The van der Waals surface area contributed by atoms with Crippen LogP contribution in [0.1, 0.15) is 25.7 Å². The number of carbonyl (C=O) groups is 1. The lowest BCUT2D eigenvalue weighted by atomic mass is 10.0. The second-order valence-corrected chi connectivity index (χ2v) is 4.87. The quantitative estimate of drug-likeness (QED) is 0.716. The van der Waals surface area contributed by atoms with E-state index in [0.29, 0.717) is 32.2 Å². The molecule has 2 N–H and O–H groups in total. The normalized spacial score (nSPS) is 30.3. The number of amides is 1. The highest BCUT2D eigenvalue weighted by molar-refractivity contribution is 5.77. The van der Waals surface area contributed by atoms with Gasteiger partial charge in [0.2, 0.25) is 5.91 Å². The molecule has 2 aliphatic rings. The molecule has 2 rings (SSSR count). The number of ether oxygens (including phenoxy) is 1. The summed E-state index contributed by atoms with van der Waals surface area (Å²) in [5.74, 6) is 0.186. The molecule has 0 aromatic heterocycles. The minimum Gasteiger partial charge on any atom is -0.394 e. The van der Waals surface area contributed by atoms with Crippen LogP contribution in [-0.2, 0) is 9.53 Å². The van der Waals surface area contributed by atoms with Gasteiger partial charge in [0, 0.05) is 25.6 Å². The number of nitrogens with zero attached hydrogens (tertiary/aromatic N) is 1. The van der Waals surface area contributed by atoms with Gasteiger partial charge >= 0.3 is 0 Å². The molecule has 5 nitrogen and oxygen atoms in total. The molecule has 5 heteroatoms. The molecule has 2 fully saturated rings. The van der Waals surface area contributed by atoms with E-state index in [2.05, 4.69) is 5.32 Å². The van der Waals surface area contributed by atoms with Gasteiger partial charge < -0.3 is 20.1 Å². The van der Waals surface area contributed by atoms with Crippen molar-refractivity contribution in [2.45, 2.75) is 37.8 Å². The first-order valence-corrected chi connectivity index (χ1v) is 6.53. The van der Waals surface area contributed by atoms with Gasteiger partial charge in [0.1, 0.15) is 0 Å². The van der Waals surface area contributed by atoms with E-state index in [1.807, 2.05) is 4.90 Å². The molecule has 98 valence electrons. The number of aliphatic hydroxyl groups excluding tert-OH is 1. The van der Waals surface area contributed by atoms with E-state index >= 15 is 0 Å². The van der Waals surface area contributed by atoms with Gasteiger partial charge in [-0.2, -0.15) is 0 Å². The molecule has 2 heterocycles. The lowest BCUT2D eigenvalue weighted by Gasteiger charge is -2.33. The van der Waals surface area contributed by atoms with Crippen LogP contribution in [0.15, 0.2) is 0 Å². The molecular formula is C12H22N2O3. The van der Waals surface area contributed by atoms with E-state index in [1.165, 1.54) is 12.8 Å². The molecule has 0 aliphatic carbocycles. The summed E-state index contributed by atoms with van der Waals surface area (Å²) in [5.41, 5.74) is 0. The number of rotatable bonds is 3. The number of aliphatic hydroxyl groups is 1. The largest absolute Gasteiger partial charge is 0.394 e. The molecule has 2 unspecified atom stereocenters. The molecule has 1 amide bonds. The third-order valence-corrected chi connectivity index (χ3v) is 3.53. The highest BCUT2D eigenvalue weighted by Crippen LogP contribution is 2.13. The zero-order valence-corrected chi connectivity index (χ0v) is 10.2. The second kappa shape index (κ2) is 6.33. The molecule has 0 bridgehead atoms. The van der Waals surface area contributed by atoms with Crippen LogP contribution in [0.4, 0.5) is 0 Å². The predicted molar refractivity (Wildman–Crippen MR) is 63.7 cm³/mol. The first-order chi connectivity index (χ1) is 8.29. The molecule has 0 radical (unpaired) electrons. The number of nitrogens with one attached hydrogen (secondary N) is 1. The van der Waals surface area contributed by atoms with Crippen molar-refractivity contribution in [3.8, 4) is 0 Å². The zero-order valence-electron chi connectivity index (χ0n) is 10.2. The summed E-state index contributed by atoms with van der Waals surface area (Å²) in [7, 11) is 0. The molecule has 0 aromatic rings. The second-order valence-electron chi connectivity index (χ2n) is 4.87. The summed E-state index contributed by atoms with van der Waals surface area (Å²) in [6.45, 7) is 2.74.